The van der Waals surface area contributed by atoms with E-state index in [1.807, 2.05) is 13.8 Å². The number of hydrogen-bond acceptors (Lipinski definition) is 3. The Labute approximate surface area is 117 Å². The summed E-state index contributed by atoms with van der Waals surface area (Å²) in [6.07, 6.45) is 0.355. The Morgan fingerprint density at radius 2 is 2.10 bits per heavy atom. The van der Waals surface area contributed by atoms with E-state index in [0.29, 0.717) is 24.1 Å². The van der Waals surface area contributed by atoms with E-state index >= 15 is 0 Å². The number of aliphatic hydroxyl groups excluding tert-OH is 1. The first kappa shape index (κ1) is 14.5. The molecule has 1 aliphatic rings. The molecule has 1 amide bonds. The lowest BCUT2D eigenvalue weighted by molar-refractivity contribution is -0.118. The van der Waals surface area contributed by atoms with E-state index in [1.165, 1.54) is 19.1 Å². The van der Waals surface area contributed by atoms with Crippen molar-refractivity contribution in [2.45, 2.75) is 45.3 Å². The quantitative estimate of drug-likeness (QED) is 0.869. The molecule has 1 aliphatic heterocycles. The van der Waals surface area contributed by atoms with Crippen LogP contribution in [0, 0.1) is 0 Å². The van der Waals surface area contributed by atoms with E-state index in [9.17, 15) is 14.7 Å². The number of carboxylic acid groups (broad SMARTS) is 1. The van der Waals surface area contributed by atoms with Crippen molar-refractivity contribution < 1.29 is 19.8 Å². The van der Waals surface area contributed by atoms with E-state index in [2.05, 4.69) is 0 Å². The predicted octanol–water partition coefficient (Wildman–Crippen LogP) is 2.34. The van der Waals surface area contributed by atoms with Crippen LogP contribution < -0.4 is 4.90 Å². The standard InChI is InChI=1S/C15H19NO4/c1-4-15(3)8-13(18)11-7-10(14(19)20)5-6-12(11)16(15)9(2)17/h5-7,13,18H,4,8H2,1-3H3,(H,19,20)/t13-,15-/m0/s1. The molecular formula is C15H19NO4. The average Bonchev–Trinajstić information content (AvgIpc) is 2.37. The van der Waals surface area contributed by atoms with Crippen LogP contribution in [0.5, 0.6) is 0 Å². The summed E-state index contributed by atoms with van der Waals surface area (Å²) in [4.78, 5) is 24.7. The van der Waals surface area contributed by atoms with Gasteiger partial charge in [0.25, 0.3) is 0 Å². The summed E-state index contributed by atoms with van der Waals surface area (Å²) >= 11 is 0. The van der Waals surface area contributed by atoms with Crippen molar-refractivity contribution in [3.8, 4) is 0 Å². The van der Waals surface area contributed by atoms with Crippen LogP contribution in [0.1, 0.15) is 55.6 Å². The van der Waals surface area contributed by atoms with Gasteiger partial charge in [0.2, 0.25) is 5.91 Å². The van der Waals surface area contributed by atoms with Gasteiger partial charge in [-0.25, -0.2) is 4.79 Å². The van der Waals surface area contributed by atoms with Crippen molar-refractivity contribution in [3.63, 3.8) is 0 Å². The predicted molar refractivity (Wildman–Crippen MR) is 74.8 cm³/mol. The number of anilines is 1. The maximum Gasteiger partial charge on any atom is 0.335 e. The van der Waals surface area contributed by atoms with Gasteiger partial charge in [-0.2, -0.15) is 0 Å². The summed E-state index contributed by atoms with van der Waals surface area (Å²) in [5.41, 5.74) is 0.770. The highest BCUT2D eigenvalue weighted by Crippen LogP contribution is 2.44. The van der Waals surface area contributed by atoms with Crippen LogP contribution in [0.4, 0.5) is 5.69 Å². The molecule has 1 aromatic rings. The highest BCUT2D eigenvalue weighted by atomic mass is 16.4. The number of rotatable bonds is 2. The summed E-state index contributed by atoms with van der Waals surface area (Å²) in [5, 5.41) is 19.3. The number of aromatic carboxylic acids is 1. The van der Waals surface area contributed by atoms with Gasteiger partial charge < -0.3 is 15.1 Å². The second-order valence-corrected chi connectivity index (χ2v) is 5.50. The van der Waals surface area contributed by atoms with Crippen molar-refractivity contribution in [1.29, 1.82) is 0 Å². The fourth-order valence-electron chi connectivity index (χ4n) is 2.92. The molecule has 20 heavy (non-hydrogen) atoms. The minimum atomic E-state index is -1.04. The first-order chi connectivity index (χ1) is 9.30. The molecule has 1 aromatic carbocycles. The Morgan fingerprint density at radius 3 is 2.60 bits per heavy atom. The summed E-state index contributed by atoms with van der Waals surface area (Å²) in [6, 6.07) is 4.52. The third-order valence-electron chi connectivity index (χ3n) is 4.12. The Kier molecular flexibility index (Phi) is 3.56. The van der Waals surface area contributed by atoms with Crippen molar-refractivity contribution >= 4 is 17.6 Å². The third kappa shape index (κ3) is 2.18. The summed E-state index contributed by atoms with van der Waals surface area (Å²) in [7, 11) is 0. The van der Waals surface area contributed by atoms with Gasteiger partial charge in [0.15, 0.2) is 0 Å². The molecule has 2 atom stereocenters. The van der Waals surface area contributed by atoms with Gasteiger partial charge in [-0.05, 0) is 31.5 Å². The maximum absolute atomic E-state index is 12.0. The van der Waals surface area contributed by atoms with Gasteiger partial charge in [0, 0.05) is 24.4 Å². The number of aliphatic hydroxyl groups is 1. The van der Waals surface area contributed by atoms with Gasteiger partial charge in [-0.1, -0.05) is 6.92 Å². The molecule has 108 valence electrons. The number of fused-ring (bicyclic) bond motifs is 1. The lowest BCUT2D eigenvalue weighted by Crippen LogP contribution is -2.52. The van der Waals surface area contributed by atoms with Crippen LogP contribution in [0.25, 0.3) is 0 Å². The van der Waals surface area contributed by atoms with E-state index in [-0.39, 0.29) is 11.5 Å². The van der Waals surface area contributed by atoms with E-state index in [1.54, 1.807) is 11.0 Å². The molecule has 0 spiro atoms. The van der Waals surface area contributed by atoms with Crippen LogP contribution in [-0.2, 0) is 4.79 Å². The Morgan fingerprint density at radius 1 is 1.45 bits per heavy atom. The second kappa shape index (κ2) is 4.90. The van der Waals surface area contributed by atoms with Crippen LogP contribution in [0.2, 0.25) is 0 Å². The Bertz CT molecular complexity index is 569. The molecule has 0 radical (unpaired) electrons. The van der Waals surface area contributed by atoms with Crippen molar-refractivity contribution in [1.82, 2.24) is 0 Å². The smallest absolute Gasteiger partial charge is 0.335 e. The molecular weight excluding hydrogens is 258 g/mol. The van der Waals surface area contributed by atoms with Gasteiger partial charge >= 0.3 is 5.97 Å². The van der Waals surface area contributed by atoms with Crippen molar-refractivity contribution in [2.24, 2.45) is 0 Å². The normalized spacial score (nSPS) is 25.2. The van der Waals surface area contributed by atoms with Crippen molar-refractivity contribution in [2.75, 3.05) is 4.90 Å². The number of carbonyl (C=O) groups is 2. The molecule has 2 rings (SSSR count). The molecule has 0 aliphatic carbocycles. The lowest BCUT2D eigenvalue weighted by Gasteiger charge is -2.46. The minimum absolute atomic E-state index is 0.106. The monoisotopic (exact) mass is 277 g/mol. The first-order valence-electron chi connectivity index (χ1n) is 6.66. The molecule has 5 nitrogen and oxygen atoms in total. The fraction of sp³-hybridized carbons (Fsp3) is 0.467. The van der Waals surface area contributed by atoms with Crippen LogP contribution in [0.15, 0.2) is 18.2 Å². The maximum atomic E-state index is 12.0. The van der Waals surface area contributed by atoms with Gasteiger partial charge in [0.1, 0.15) is 0 Å². The Hall–Kier alpha value is -1.88. The lowest BCUT2D eigenvalue weighted by atomic mass is 9.81. The summed E-state index contributed by atoms with van der Waals surface area (Å²) < 4.78 is 0. The van der Waals surface area contributed by atoms with E-state index < -0.39 is 17.6 Å². The molecule has 0 fully saturated rings. The largest absolute Gasteiger partial charge is 0.478 e. The zero-order valence-corrected chi connectivity index (χ0v) is 11.9. The SMILES string of the molecule is CC[C@@]1(C)C[C@H](O)c2cc(C(=O)O)ccc2N1C(C)=O. The molecule has 0 aromatic heterocycles. The number of amides is 1. The van der Waals surface area contributed by atoms with Gasteiger partial charge in [-0.3, -0.25) is 4.79 Å². The third-order valence-corrected chi connectivity index (χ3v) is 4.12. The van der Waals surface area contributed by atoms with Crippen molar-refractivity contribution in [3.05, 3.63) is 29.3 Å². The zero-order chi connectivity index (χ0) is 15.1. The minimum Gasteiger partial charge on any atom is -0.478 e. The number of benzene rings is 1. The van der Waals surface area contributed by atoms with Gasteiger partial charge in [-0.15, -0.1) is 0 Å². The zero-order valence-electron chi connectivity index (χ0n) is 11.9. The average molecular weight is 277 g/mol. The molecule has 0 saturated heterocycles. The Balaban J connectivity index is 2.62. The van der Waals surface area contributed by atoms with E-state index in [4.69, 9.17) is 5.11 Å². The number of carbonyl (C=O) groups excluding carboxylic acids is 1. The number of hydrogen-bond donors (Lipinski definition) is 2. The number of nitrogens with zero attached hydrogens (tertiary/aromatic N) is 1. The molecule has 5 heteroatoms. The highest BCUT2D eigenvalue weighted by Gasteiger charge is 2.41. The molecule has 1 heterocycles. The molecule has 2 N–H and O–H groups in total. The topological polar surface area (TPSA) is 77.8 Å². The summed E-state index contributed by atoms with van der Waals surface area (Å²) in [5.74, 6) is -1.15. The number of carboxylic acids is 1. The van der Waals surface area contributed by atoms with Crippen LogP contribution in [0.3, 0.4) is 0 Å². The van der Waals surface area contributed by atoms with Crippen LogP contribution in [-0.4, -0.2) is 27.6 Å². The van der Waals surface area contributed by atoms with E-state index in [0.717, 1.165) is 0 Å². The fourth-order valence-corrected chi connectivity index (χ4v) is 2.92. The molecule has 0 bridgehead atoms. The second-order valence-electron chi connectivity index (χ2n) is 5.50. The first-order valence-corrected chi connectivity index (χ1v) is 6.66. The molecule has 0 unspecified atom stereocenters. The van der Waals surface area contributed by atoms with Crippen LogP contribution >= 0.6 is 0 Å². The molecule has 0 saturated carbocycles. The van der Waals surface area contributed by atoms with Gasteiger partial charge in [0.05, 0.1) is 17.4 Å². The highest BCUT2D eigenvalue weighted by molar-refractivity contribution is 5.96. The summed E-state index contributed by atoms with van der Waals surface area (Å²) in [6.45, 7) is 5.39.